The van der Waals surface area contributed by atoms with Gasteiger partial charge in [0.2, 0.25) is 17.6 Å². The summed E-state index contributed by atoms with van der Waals surface area (Å²) in [5.41, 5.74) is -0.537. The molecular formula is C15H19N9O4. The molecule has 148 valence electrons. The van der Waals surface area contributed by atoms with Gasteiger partial charge in [-0.3, -0.25) is 24.7 Å². The summed E-state index contributed by atoms with van der Waals surface area (Å²) in [4.78, 5) is 30.8. The van der Waals surface area contributed by atoms with Gasteiger partial charge in [-0.15, -0.1) is 0 Å². The SMILES string of the molecule is CC(C)(C)[C@H](NC(=O)CCn1cc([N+](=O)[O-])cn1)c1nc(-c2ncn[nH]2)no1. The van der Waals surface area contributed by atoms with Crippen LogP contribution >= 0.6 is 0 Å². The maximum Gasteiger partial charge on any atom is 0.306 e. The van der Waals surface area contributed by atoms with E-state index in [0.29, 0.717) is 5.82 Å². The summed E-state index contributed by atoms with van der Waals surface area (Å²) in [5, 5.41) is 27.7. The fraction of sp³-hybridized carbons (Fsp3) is 0.467. The minimum Gasteiger partial charge on any atom is -0.344 e. The molecule has 28 heavy (non-hydrogen) atoms. The molecule has 3 heterocycles. The molecular weight excluding hydrogens is 370 g/mol. The average Bonchev–Trinajstić information content (AvgIpc) is 3.37. The number of hydrogen-bond acceptors (Lipinski definition) is 9. The number of rotatable bonds is 7. The van der Waals surface area contributed by atoms with Crippen LogP contribution in [0.3, 0.4) is 0 Å². The minimum absolute atomic E-state index is 0.0779. The predicted octanol–water partition coefficient (Wildman–Crippen LogP) is 1.25. The zero-order valence-corrected chi connectivity index (χ0v) is 15.5. The highest BCUT2D eigenvalue weighted by Gasteiger charge is 2.33. The van der Waals surface area contributed by atoms with Crippen LogP contribution in [0.2, 0.25) is 0 Å². The summed E-state index contributed by atoms with van der Waals surface area (Å²) >= 11 is 0. The summed E-state index contributed by atoms with van der Waals surface area (Å²) in [6, 6.07) is -0.545. The molecule has 0 aliphatic rings. The van der Waals surface area contributed by atoms with Crippen molar-refractivity contribution in [2.45, 2.75) is 39.8 Å². The number of hydrogen-bond donors (Lipinski definition) is 2. The van der Waals surface area contributed by atoms with Gasteiger partial charge < -0.3 is 9.84 Å². The first-order valence-corrected chi connectivity index (χ1v) is 8.39. The summed E-state index contributed by atoms with van der Waals surface area (Å²) < 4.78 is 6.66. The molecule has 3 aromatic heterocycles. The van der Waals surface area contributed by atoms with Crippen molar-refractivity contribution in [3.05, 3.63) is 34.7 Å². The highest BCUT2D eigenvalue weighted by Crippen LogP contribution is 2.32. The van der Waals surface area contributed by atoms with Gasteiger partial charge in [0.25, 0.3) is 0 Å². The van der Waals surface area contributed by atoms with Crippen LogP contribution in [0.15, 0.2) is 23.2 Å². The van der Waals surface area contributed by atoms with Crippen LogP contribution < -0.4 is 5.32 Å². The average molecular weight is 389 g/mol. The number of amides is 1. The smallest absolute Gasteiger partial charge is 0.306 e. The summed E-state index contributed by atoms with van der Waals surface area (Å²) in [6.45, 7) is 5.97. The molecule has 13 nitrogen and oxygen atoms in total. The van der Waals surface area contributed by atoms with E-state index in [-0.39, 0.29) is 36.3 Å². The molecule has 0 aromatic carbocycles. The van der Waals surface area contributed by atoms with E-state index in [4.69, 9.17) is 4.52 Å². The van der Waals surface area contributed by atoms with E-state index in [1.54, 1.807) is 0 Å². The van der Waals surface area contributed by atoms with E-state index in [9.17, 15) is 14.9 Å². The predicted molar refractivity (Wildman–Crippen MR) is 93.5 cm³/mol. The number of nitrogens with zero attached hydrogens (tertiary/aromatic N) is 7. The van der Waals surface area contributed by atoms with Crippen molar-refractivity contribution in [2.24, 2.45) is 5.41 Å². The highest BCUT2D eigenvalue weighted by atomic mass is 16.6. The topological polar surface area (TPSA) is 171 Å². The molecule has 0 aliphatic carbocycles. The van der Waals surface area contributed by atoms with E-state index in [0.717, 1.165) is 6.20 Å². The third kappa shape index (κ3) is 4.36. The molecule has 1 amide bonds. The van der Waals surface area contributed by atoms with Crippen molar-refractivity contribution in [3.63, 3.8) is 0 Å². The second-order valence-electron chi connectivity index (χ2n) is 7.13. The van der Waals surface area contributed by atoms with Crippen molar-refractivity contribution in [2.75, 3.05) is 0 Å². The van der Waals surface area contributed by atoms with E-state index in [1.165, 1.54) is 17.2 Å². The van der Waals surface area contributed by atoms with Gasteiger partial charge in [-0.05, 0) is 5.41 Å². The van der Waals surface area contributed by atoms with E-state index in [2.05, 4.69) is 35.7 Å². The third-order valence-corrected chi connectivity index (χ3v) is 3.89. The van der Waals surface area contributed by atoms with E-state index >= 15 is 0 Å². The van der Waals surface area contributed by atoms with Gasteiger partial charge in [0.05, 0.1) is 4.92 Å². The molecule has 13 heteroatoms. The highest BCUT2D eigenvalue weighted by molar-refractivity contribution is 5.76. The van der Waals surface area contributed by atoms with Crippen molar-refractivity contribution in [3.8, 4) is 11.6 Å². The molecule has 0 saturated carbocycles. The van der Waals surface area contributed by atoms with Gasteiger partial charge in [-0.1, -0.05) is 25.9 Å². The Labute approximate surface area is 158 Å². The Kier molecular flexibility index (Phi) is 5.15. The van der Waals surface area contributed by atoms with E-state index < -0.39 is 16.4 Å². The van der Waals surface area contributed by atoms with Gasteiger partial charge in [-0.2, -0.15) is 15.2 Å². The molecule has 0 unspecified atom stereocenters. The van der Waals surface area contributed by atoms with Crippen LogP contribution in [0.4, 0.5) is 5.69 Å². The van der Waals surface area contributed by atoms with Gasteiger partial charge in [-0.25, -0.2) is 4.98 Å². The van der Waals surface area contributed by atoms with Crippen molar-refractivity contribution in [1.82, 2.24) is 40.4 Å². The van der Waals surface area contributed by atoms with Crippen LogP contribution in [0.25, 0.3) is 11.6 Å². The molecule has 0 spiro atoms. The number of H-pyrrole nitrogens is 1. The van der Waals surface area contributed by atoms with Crippen molar-refractivity contribution in [1.29, 1.82) is 0 Å². The molecule has 1 atom stereocenters. The first kappa shape index (κ1) is 19.1. The summed E-state index contributed by atoms with van der Waals surface area (Å²) in [5.74, 6) is 0.550. The quantitative estimate of drug-likeness (QED) is 0.445. The molecule has 3 aromatic rings. The van der Waals surface area contributed by atoms with Gasteiger partial charge in [0.1, 0.15) is 24.8 Å². The van der Waals surface area contributed by atoms with Crippen LogP contribution in [0.1, 0.15) is 39.1 Å². The first-order valence-electron chi connectivity index (χ1n) is 8.39. The molecule has 0 radical (unpaired) electrons. The minimum atomic E-state index is -0.545. The second kappa shape index (κ2) is 7.54. The standard InChI is InChI=1S/C15H19N9O4/c1-15(2,3)11(14-20-13(22-28-14)12-16-8-17-21-12)19-10(25)4-5-23-7-9(6-18-23)24(26)27/h6-8,11H,4-5H2,1-3H3,(H,19,25)(H,16,17,21)/t11-/m1/s1. The van der Waals surface area contributed by atoms with Gasteiger partial charge in [0, 0.05) is 13.0 Å². The zero-order valence-electron chi connectivity index (χ0n) is 15.5. The molecule has 2 N–H and O–H groups in total. The Hall–Kier alpha value is -3.64. The lowest BCUT2D eigenvalue weighted by Crippen LogP contribution is -2.37. The van der Waals surface area contributed by atoms with Crippen LogP contribution in [0.5, 0.6) is 0 Å². The Morgan fingerprint density at radius 3 is 2.86 bits per heavy atom. The normalized spacial score (nSPS) is 12.7. The largest absolute Gasteiger partial charge is 0.344 e. The lowest BCUT2D eigenvalue weighted by atomic mass is 9.86. The van der Waals surface area contributed by atoms with Gasteiger partial charge >= 0.3 is 5.69 Å². The molecule has 0 fully saturated rings. The molecule has 0 aliphatic heterocycles. The number of carbonyl (C=O) groups is 1. The zero-order chi connectivity index (χ0) is 20.3. The van der Waals surface area contributed by atoms with Crippen LogP contribution in [0, 0.1) is 15.5 Å². The third-order valence-electron chi connectivity index (χ3n) is 3.89. The number of nitro groups is 1. The molecule has 0 saturated heterocycles. The number of aromatic amines is 1. The van der Waals surface area contributed by atoms with Crippen LogP contribution in [-0.4, -0.2) is 45.9 Å². The molecule has 0 bridgehead atoms. The van der Waals surface area contributed by atoms with Crippen molar-refractivity contribution >= 4 is 11.6 Å². The lowest BCUT2D eigenvalue weighted by Gasteiger charge is -2.28. The van der Waals surface area contributed by atoms with Gasteiger partial charge in [0.15, 0.2) is 5.82 Å². The monoisotopic (exact) mass is 389 g/mol. The maximum absolute atomic E-state index is 12.4. The first-order chi connectivity index (χ1) is 13.2. The summed E-state index contributed by atoms with van der Waals surface area (Å²) in [7, 11) is 0. The Balaban J connectivity index is 1.67. The fourth-order valence-corrected chi connectivity index (χ4v) is 2.43. The fourth-order valence-electron chi connectivity index (χ4n) is 2.43. The molecule has 3 rings (SSSR count). The second-order valence-corrected chi connectivity index (χ2v) is 7.13. The Morgan fingerprint density at radius 1 is 1.46 bits per heavy atom. The lowest BCUT2D eigenvalue weighted by molar-refractivity contribution is -0.385. The van der Waals surface area contributed by atoms with Crippen molar-refractivity contribution < 1.29 is 14.2 Å². The Bertz CT molecular complexity index is 954. The Morgan fingerprint density at radius 2 is 2.25 bits per heavy atom. The number of carbonyl (C=O) groups excluding carboxylic acids is 1. The number of aryl methyl sites for hydroxylation is 1. The van der Waals surface area contributed by atoms with Crippen LogP contribution in [-0.2, 0) is 11.3 Å². The number of aromatic nitrogens is 7. The maximum atomic E-state index is 12.4. The van der Waals surface area contributed by atoms with E-state index in [1.807, 2.05) is 20.8 Å². The summed E-state index contributed by atoms with van der Waals surface area (Å²) in [6.07, 6.45) is 3.82. The number of nitrogens with one attached hydrogen (secondary N) is 2.